The molecule has 2 aromatic carbocycles. The molecule has 7 nitrogen and oxygen atoms in total. The number of rotatable bonds is 6. The first kappa shape index (κ1) is 21.7. The van der Waals surface area contributed by atoms with Crippen LogP contribution in [0.4, 0.5) is 5.13 Å². The molecular weight excluding hydrogens is 424 g/mol. The summed E-state index contributed by atoms with van der Waals surface area (Å²) in [6, 6.07) is 13.7. The Morgan fingerprint density at radius 3 is 2.50 bits per heavy atom. The number of carbonyl (C=O) groups is 2. The van der Waals surface area contributed by atoms with E-state index in [1.54, 1.807) is 6.92 Å². The second-order valence-corrected chi connectivity index (χ2v) is 9.56. The van der Waals surface area contributed by atoms with Crippen LogP contribution in [0.15, 0.2) is 58.8 Å². The number of hydrogen-bond acceptors (Lipinski definition) is 7. The summed E-state index contributed by atoms with van der Waals surface area (Å²) in [5, 5.41) is 4.84. The molecule has 0 aliphatic rings. The molecule has 0 saturated heterocycles. The number of hydrogen-bond donors (Lipinski definition) is 1. The van der Waals surface area contributed by atoms with Gasteiger partial charge in [0.25, 0.3) is 5.91 Å². The number of aryl methyl sites for hydroxylation is 1. The Labute approximate surface area is 178 Å². The number of anilines is 1. The minimum absolute atomic E-state index is 0.00776. The summed E-state index contributed by atoms with van der Waals surface area (Å²) in [6.07, 6.45) is -0.0384. The van der Waals surface area contributed by atoms with Gasteiger partial charge in [-0.15, -0.1) is 11.3 Å². The Bertz CT molecular complexity index is 1190. The summed E-state index contributed by atoms with van der Waals surface area (Å²) in [4.78, 5) is 29.3. The van der Waals surface area contributed by atoms with Gasteiger partial charge in [0, 0.05) is 17.2 Å². The molecule has 1 heterocycles. The second kappa shape index (κ2) is 8.76. The van der Waals surface area contributed by atoms with Crippen molar-refractivity contribution in [2.24, 2.45) is 0 Å². The van der Waals surface area contributed by atoms with Crippen LogP contribution in [0, 0.1) is 6.92 Å². The summed E-state index contributed by atoms with van der Waals surface area (Å²) in [7, 11) is -3.48. The number of aromatic nitrogens is 1. The Morgan fingerprint density at radius 1 is 1.13 bits per heavy atom. The Balaban J connectivity index is 1.68. The van der Waals surface area contributed by atoms with E-state index in [9.17, 15) is 18.0 Å². The highest BCUT2D eigenvalue weighted by Gasteiger charge is 2.22. The molecule has 0 saturated carbocycles. The zero-order chi connectivity index (χ0) is 21.9. The van der Waals surface area contributed by atoms with E-state index in [1.807, 2.05) is 35.7 Å². The maximum Gasteiger partial charge on any atom is 0.339 e. The smallest absolute Gasteiger partial charge is 0.339 e. The molecule has 0 fully saturated rings. The monoisotopic (exact) mass is 444 g/mol. The zero-order valence-electron chi connectivity index (χ0n) is 16.6. The van der Waals surface area contributed by atoms with Gasteiger partial charge in [-0.25, -0.2) is 18.2 Å². The van der Waals surface area contributed by atoms with Gasteiger partial charge < -0.3 is 4.74 Å². The van der Waals surface area contributed by atoms with Crippen LogP contribution < -0.4 is 5.32 Å². The van der Waals surface area contributed by atoms with E-state index in [0.29, 0.717) is 10.7 Å². The van der Waals surface area contributed by atoms with Gasteiger partial charge >= 0.3 is 5.97 Å². The normalized spacial score (nSPS) is 12.2. The van der Waals surface area contributed by atoms with Gasteiger partial charge in [0.1, 0.15) is 0 Å². The lowest BCUT2D eigenvalue weighted by Gasteiger charge is -2.14. The van der Waals surface area contributed by atoms with Crippen molar-refractivity contribution < 1.29 is 22.7 Å². The molecule has 0 bridgehead atoms. The standard InChI is InChI=1S/C21H20N2O5S2/c1-13-9-10-16(30(3,26)27)11-17(13)20(25)28-14(2)19(24)23-21-22-18(12-29-21)15-7-5-4-6-8-15/h4-12,14H,1-3H3,(H,22,23,24). The van der Waals surface area contributed by atoms with Crippen molar-refractivity contribution in [3.63, 3.8) is 0 Å². The van der Waals surface area contributed by atoms with E-state index in [1.165, 1.54) is 36.5 Å². The number of sulfone groups is 1. The first-order valence-corrected chi connectivity index (χ1v) is 11.8. The van der Waals surface area contributed by atoms with E-state index in [4.69, 9.17) is 4.74 Å². The maximum atomic E-state index is 12.5. The minimum atomic E-state index is -3.48. The predicted octanol–water partition coefficient (Wildman–Crippen LogP) is 3.71. The predicted molar refractivity (Wildman–Crippen MR) is 115 cm³/mol. The number of carbonyl (C=O) groups excluding carboxylic acids is 2. The van der Waals surface area contributed by atoms with Crippen molar-refractivity contribution in [3.8, 4) is 11.3 Å². The fourth-order valence-electron chi connectivity index (χ4n) is 2.61. The highest BCUT2D eigenvalue weighted by atomic mass is 32.2. The first-order valence-electron chi connectivity index (χ1n) is 8.98. The molecule has 0 aliphatic carbocycles. The lowest BCUT2D eigenvalue weighted by Crippen LogP contribution is -2.30. The van der Waals surface area contributed by atoms with Crippen molar-refractivity contribution >= 4 is 38.2 Å². The molecule has 1 aromatic heterocycles. The van der Waals surface area contributed by atoms with Crippen LogP contribution in [0.1, 0.15) is 22.8 Å². The van der Waals surface area contributed by atoms with Crippen molar-refractivity contribution in [2.75, 3.05) is 11.6 Å². The van der Waals surface area contributed by atoms with Crippen LogP contribution in [0.25, 0.3) is 11.3 Å². The third-order valence-corrected chi connectivity index (χ3v) is 6.18. The molecular formula is C21H20N2O5S2. The van der Waals surface area contributed by atoms with Crippen molar-refractivity contribution in [1.29, 1.82) is 0 Å². The van der Waals surface area contributed by atoms with Crippen molar-refractivity contribution in [3.05, 3.63) is 65.0 Å². The average Bonchev–Trinajstić information content (AvgIpc) is 3.16. The third-order valence-electron chi connectivity index (χ3n) is 4.31. The molecule has 1 unspecified atom stereocenters. The van der Waals surface area contributed by atoms with Crippen LogP contribution >= 0.6 is 11.3 Å². The molecule has 9 heteroatoms. The number of ether oxygens (including phenoxy) is 1. The molecule has 30 heavy (non-hydrogen) atoms. The number of esters is 1. The minimum Gasteiger partial charge on any atom is -0.449 e. The average molecular weight is 445 g/mol. The van der Waals surface area contributed by atoms with Gasteiger partial charge in [-0.05, 0) is 31.5 Å². The first-order chi connectivity index (χ1) is 14.1. The SMILES string of the molecule is Cc1ccc(S(C)(=O)=O)cc1C(=O)OC(C)C(=O)Nc1nc(-c2ccccc2)cs1. The largest absolute Gasteiger partial charge is 0.449 e. The second-order valence-electron chi connectivity index (χ2n) is 6.69. The summed E-state index contributed by atoms with van der Waals surface area (Å²) in [5.74, 6) is -1.31. The number of amides is 1. The van der Waals surface area contributed by atoms with Gasteiger partial charge in [0.15, 0.2) is 21.1 Å². The van der Waals surface area contributed by atoms with Crippen LogP contribution in [0.3, 0.4) is 0 Å². The van der Waals surface area contributed by atoms with Gasteiger partial charge in [-0.1, -0.05) is 36.4 Å². The van der Waals surface area contributed by atoms with E-state index < -0.39 is 27.8 Å². The fraction of sp³-hybridized carbons (Fsp3) is 0.190. The number of benzene rings is 2. The number of nitrogens with zero attached hydrogens (tertiary/aromatic N) is 1. The topological polar surface area (TPSA) is 102 Å². The lowest BCUT2D eigenvalue weighted by molar-refractivity contribution is -0.123. The zero-order valence-corrected chi connectivity index (χ0v) is 18.2. The molecule has 0 radical (unpaired) electrons. The molecule has 1 N–H and O–H groups in total. The summed E-state index contributed by atoms with van der Waals surface area (Å²) in [6.45, 7) is 3.10. The summed E-state index contributed by atoms with van der Waals surface area (Å²) < 4.78 is 28.7. The van der Waals surface area contributed by atoms with Gasteiger partial charge in [-0.2, -0.15) is 0 Å². The van der Waals surface area contributed by atoms with E-state index in [-0.39, 0.29) is 10.5 Å². The van der Waals surface area contributed by atoms with Gasteiger partial charge in [-0.3, -0.25) is 10.1 Å². The van der Waals surface area contributed by atoms with E-state index in [2.05, 4.69) is 10.3 Å². The Hall–Kier alpha value is -3.04. The van der Waals surface area contributed by atoms with Crippen molar-refractivity contribution in [1.82, 2.24) is 4.98 Å². The van der Waals surface area contributed by atoms with Crippen molar-refractivity contribution in [2.45, 2.75) is 24.8 Å². The van der Waals surface area contributed by atoms with Crippen LogP contribution in [0.2, 0.25) is 0 Å². The third kappa shape index (κ3) is 5.11. The van der Waals surface area contributed by atoms with E-state index in [0.717, 1.165) is 17.5 Å². The van der Waals surface area contributed by atoms with Crippen LogP contribution in [0.5, 0.6) is 0 Å². The van der Waals surface area contributed by atoms with E-state index >= 15 is 0 Å². The quantitative estimate of drug-likeness (QED) is 0.582. The molecule has 1 amide bonds. The molecule has 3 aromatic rings. The van der Waals surface area contributed by atoms with Crippen LogP contribution in [-0.2, 0) is 19.4 Å². The number of nitrogens with one attached hydrogen (secondary N) is 1. The lowest BCUT2D eigenvalue weighted by atomic mass is 10.1. The van der Waals surface area contributed by atoms with Gasteiger partial charge in [0.05, 0.1) is 16.2 Å². The molecule has 1 atom stereocenters. The fourth-order valence-corrected chi connectivity index (χ4v) is 3.98. The molecule has 0 aliphatic heterocycles. The summed E-state index contributed by atoms with van der Waals surface area (Å²) in [5.41, 5.74) is 2.30. The summed E-state index contributed by atoms with van der Waals surface area (Å²) >= 11 is 1.26. The molecule has 0 spiro atoms. The Kier molecular flexibility index (Phi) is 6.33. The highest BCUT2D eigenvalue weighted by Crippen LogP contribution is 2.25. The van der Waals surface area contributed by atoms with Crippen LogP contribution in [-0.4, -0.2) is 37.6 Å². The highest BCUT2D eigenvalue weighted by molar-refractivity contribution is 7.90. The molecule has 156 valence electrons. The maximum absolute atomic E-state index is 12.5. The number of thiazole rings is 1. The van der Waals surface area contributed by atoms with Gasteiger partial charge in [0.2, 0.25) is 0 Å². The Morgan fingerprint density at radius 2 is 1.83 bits per heavy atom. The molecule has 3 rings (SSSR count).